The van der Waals surface area contributed by atoms with E-state index in [2.05, 4.69) is 22.3 Å². The van der Waals surface area contributed by atoms with Crippen LogP contribution in [0, 0.1) is 11.8 Å². The minimum Gasteiger partial charge on any atom is -0.468 e. The molecule has 1 aliphatic heterocycles. The molecule has 0 bridgehead atoms. The first-order valence-electron chi connectivity index (χ1n) is 7.83. The second-order valence-electron chi connectivity index (χ2n) is 6.42. The third kappa shape index (κ3) is 4.07. The molecule has 0 spiro atoms. The van der Waals surface area contributed by atoms with Crippen LogP contribution in [0.25, 0.3) is 0 Å². The Morgan fingerprint density at radius 3 is 2.78 bits per heavy atom. The molecule has 0 aromatic carbocycles. The van der Waals surface area contributed by atoms with Crippen molar-refractivity contribution in [1.82, 2.24) is 19.7 Å². The fourth-order valence-corrected chi connectivity index (χ4v) is 2.72. The number of nitrogens with one attached hydrogen (secondary N) is 1. The second kappa shape index (κ2) is 7.08. The van der Waals surface area contributed by atoms with Gasteiger partial charge in [0.1, 0.15) is 5.82 Å². The van der Waals surface area contributed by atoms with Gasteiger partial charge in [-0.3, -0.25) is 19.8 Å². The van der Waals surface area contributed by atoms with Gasteiger partial charge in [-0.1, -0.05) is 20.8 Å². The summed E-state index contributed by atoms with van der Waals surface area (Å²) in [6, 6.07) is 0.164. The zero-order valence-corrected chi connectivity index (χ0v) is 14.4. The molecule has 1 aromatic heterocycles. The van der Waals surface area contributed by atoms with Gasteiger partial charge in [0.2, 0.25) is 11.9 Å². The van der Waals surface area contributed by atoms with Crippen LogP contribution in [-0.4, -0.2) is 58.3 Å². The Kier molecular flexibility index (Phi) is 5.35. The maximum atomic E-state index is 11.8. The number of likely N-dealkylation sites (N-methyl/N-ethyl adjacent to an activating group) is 1. The lowest BCUT2D eigenvalue weighted by atomic mass is 9.93. The largest absolute Gasteiger partial charge is 0.468 e. The van der Waals surface area contributed by atoms with E-state index in [4.69, 9.17) is 4.74 Å². The first kappa shape index (κ1) is 17.4. The van der Waals surface area contributed by atoms with E-state index in [9.17, 15) is 9.59 Å². The number of esters is 1. The summed E-state index contributed by atoms with van der Waals surface area (Å²) in [5.41, 5.74) is 0. The summed E-state index contributed by atoms with van der Waals surface area (Å²) in [6.07, 6.45) is 0.751. The van der Waals surface area contributed by atoms with E-state index in [0.29, 0.717) is 18.4 Å². The first-order valence-corrected chi connectivity index (χ1v) is 7.83. The fraction of sp³-hybridized carbons (Fsp3) is 0.733. The molecule has 8 heteroatoms. The Hall–Kier alpha value is -1.96. The lowest BCUT2D eigenvalue weighted by Crippen LogP contribution is -2.46. The molecule has 23 heavy (non-hydrogen) atoms. The lowest BCUT2D eigenvalue weighted by molar-refractivity contribution is -0.142. The standard InChI is InChI=1S/C15H25N5O3/c1-9(2)14(22)17-15-16-12-6-10(3)11(7-20(12)18-15)19(4)8-13(21)23-5/h9-11H,6-8H2,1-5H3,(H,17,18,22). The highest BCUT2D eigenvalue weighted by atomic mass is 16.5. The van der Waals surface area contributed by atoms with Crippen molar-refractivity contribution in [3.05, 3.63) is 5.82 Å². The normalized spacial score (nSPS) is 20.5. The molecule has 0 saturated heterocycles. The van der Waals surface area contributed by atoms with Gasteiger partial charge in [0.25, 0.3) is 0 Å². The van der Waals surface area contributed by atoms with Gasteiger partial charge < -0.3 is 4.74 Å². The zero-order chi connectivity index (χ0) is 17.1. The van der Waals surface area contributed by atoms with Crippen molar-refractivity contribution in [2.24, 2.45) is 11.8 Å². The third-order valence-electron chi connectivity index (χ3n) is 4.20. The van der Waals surface area contributed by atoms with Crippen molar-refractivity contribution in [2.75, 3.05) is 26.0 Å². The number of anilines is 1. The minimum atomic E-state index is -0.256. The summed E-state index contributed by atoms with van der Waals surface area (Å²) < 4.78 is 6.54. The molecule has 0 saturated carbocycles. The molecule has 8 nitrogen and oxygen atoms in total. The smallest absolute Gasteiger partial charge is 0.319 e. The summed E-state index contributed by atoms with van der Waals surface area (Å²) >= 11 is 0. The van der Waals surface area contributed by atoms with Crippen molar-refractivity contribution in [2.45, 2.75) is 39.8 Å². The van der Waals surface area contributed by atoms with Gasteiger partial charge in [0.05, 0.1) is 20.2 Å². The number of carbonyl (C=O) groups is 2. The van der Waals surface area contributed by atoms with E-state index in [1.807, 2.05) is 30.5 Å². The summed E-state index contributed by atoms with van der Waals surface area (Å²) in [7, 11) is 3.29. The Labute approximate surface area is 136 Å². The lowest BCUT2D eigenvalue weighted by Gasteiger charge is -2.35. The highest BCUT2D eigenvalue weighted by Gasteiger charge is 2.31. The van der Waals surface area contributed by atoms with Gasteiger partial charge in [0.15, 0.2) is 0 Å². The number of fused-ring (bicyclic) bond motifs is 1. The van der Waals surface area contributed by atoms with Crippen LogP contribution in [0.15, 0.2) is 0 Å². The van der Waals surface area contributed by atoms with Crippen LogP contribution < -0.4 is 5.32 Å². The van der Waals surface area contributed by atoms with Gasteiger partial charge in [0, 0.05) is 18.4 Å². The monoisotopic (exact) mass is 323 g/mol. The Bertz CT molecular complexity index is 584. The average Bonchev–Trinajstić information content (AvgIpc) is 2.86. The first-order chi connectivity index (χ1) is 10.8. The van der Waals surface area contributed by atoms with Crippen molar-refractivity contribution in [3.8, 4) is 0 Å². The highest BCUT2D eigenvalue weighted by Crippen LogP contribution is 2.23. The molecule has 0 fully saturated rings. The summed E-state index contributed by atoms with van der Waals surface area (Å²) in [6.45, 7) is 6.65. The highest BCUT2D eigenvalue weighted by molar-refractivity contribution is 5.90. The summed E-state index contributed by atoms with van der Waals surface area (Å²) in [5, 5.41) is 7.10. The van der Waals surface area contributed by atoms with E-state index in [1.54, 1.807) is 0 Å². The molecule has 2 unspecified atom stereocenters. The van der Waals surface area contributed by atoms with Gasteiger partial charge in [-0.25, -0.2) is 4.68 Å². The maximum Gasteiger partial charge on any atom is 0.319 e. The predicted molar refractivity (Wildman–Crippen MR) is 84.8 cm³/mol. The van der Waals surface area contributed by atoms with Crippen molar-refractivity contribution < 1.29 is 14.3 Å². The number of aromatic nitrogens is 3. The van der Waals surface area contributed by atoms with Crippen LogP contribution in [0.2, 0.25) is 0 Å². The average molecular weight is 323 g/mol. The number of carbonyl (C=O) groups excluding carboxylic acids is 2. The number of rotatable bonds is 5. The molecular weight excluding hydrogens is 298 g/mol. The van der Waals surface area contributed by atoms with Crippen LogP contribution in [0.3, 0.4) is 0 Å². The van der Waals surface area contributed by atoms with E-state index >= 15 is 0 Å². The van der Waals surface area contributed by atoms with Gasteiger partial charge in [-0.05, 0) is 13.0 Å². The Morgan fingerprint density at radius 1 is 1.48 bits per heavy atom. The van der Waals surface area contributed by atoms with Gasteiger partial charge in [-0.15, -0.1) is 5.10 Å². The molecular formula is C15H25N5O3. The fourth-order valence-electron chi connectivity index (χ4n) is 2.72. The van der Waals surface area contributed by atoms with E-state index in [-0.39, 0.29) is 30.4 Å². The molecule has 1 N–H and O–H groups in total. The Balaban J connectivity index is 2.08. The molecule has 1 amide bonds. The molecule has 0 aliphatic carbocycles. The number of amides is 1. The van der Waals surface area contributed by atoms with Crippen LogP contribution in [-0.2, 0) is 27.3 Å². The van der Waals surface area contributed by atoms with Crippen LogP contribution in [0.1, 0.15) is 26.6 Å². The molecule has 2 rings (SSSR count). The number of hydrogen-bond acceptors (Lipinski definition) is 6. The molecule has 2 heterocycles. The minimum absolute atomic E-state index is 0.0969. The molecule has 1 aromatic rings. The van der Waals surface area contributed by atoms with Crippen molar-refractivity contribution in [3.63, 3.8) is 0 Å². The Morgan fingerprint density at radius 2 is 2.17 bits per heavy atom. The maximum absolute atomic E-state index is 11.8. The van der Waals surface area contributed by atoms with E-state index < -0.39 is 0 Å². The van der Waals surface area contributed by atoms with Crippen LogP contribution in [0.4, 0.5) is 5.95 Å². The third-order valence-corrected chi connectivity index (χ3v) is 4.20. The molecule has 1 aliphatic rings. The van der Waals surface area contributed by atoms with Crippen molar-refractivity contribution >= 4 is 17.8 Å². The second-order valence-corrected chi connectivity index (χ2v) is 6.42. The molecule has 128 valence electrons. The van der Waals surface area contributed by atoms with Gasteiger partial charge in [-0.2, -0.15) is 4.98 Å². The SMILES string of the molecule is COC(=O)CN(C)C1Cn2nc(NC(=O)C(C)C)nc2CC1C. The predicted octanol–water partition coefficient (Wildman–Crippen LogP) is 0.538. The summed E-state index contributed by atoms with van der Waals surface area (Å²) in [5.74, 6) is 1.07. The zero-order valence-electron chi connectivity index (χ0n) is 14.4. The summed E-state index contributed by atoms with van der Waals surface area (Å²) in [4.78, 5) is 29.6. The molecule has 0 radical (unpaired) electrons. The number of hydrogen-bond donors (Lipinski definition) is 1. The van der Waals surface area contributed by atoms with Gasteiger partial charge >= 0.3 is 5.97 Å². The number of nitrogens with zero attached hydrogens (tertiary/aromatic N) is 4. The number of methoxy groups -OCH3 is 1. The quantitative estimate of drug-likeness (QED) is 0.796. The van der Waals surface area contributed by atoms with Crippen molar-refractivity contribution in [1.29, 1.82) is 0 Å². The topological polar surface area (TPSA) is 89.4 Å². The molecule has 2 atom stereocenters. The van der Waals surface area contributed by atoms with E-state index in [0.717, 1.165) is 12.2 Å². The van der Waals surface area contributed by atoms with Crippen LogP contribution >= 0.6 is 0 Å². The van der Waals surface area contributed by atoms with E-state index in [1.165, 1.54) is 7.11 Å². The van der Waals surface area contributed by atoms with Crippen LogP contribution in [0.5, 0.6) is 0 Å². The number of ether oxygens (including phenoxy) is 1.